The van der Waals surface area contributed by atoms with Crippen molar-refractivity contribution in [1.82, 2.24) is 15.1 Å². The van der Waals surface area contributed by atoms with Crippen molar-refractivity contribution < 1.29 is 22.7 Å². The van der Waals surface area contributed by atoms with E-state index in [0.29, 0.717) is 39.1 Å². The SMILES string of the molecule is CCOC(=O)N1CCC(NCCC(=O)N(C)C2CCS(=O)(=O)C2)CC1. The molecule has 2 saturated heterocycles. The van der Waals surface area contributed by atoms with Crippen molar-refractivity contribution >= 4 is 21.8 Å². The molecule has 0 aliphatic carbocycles. The van der Waals surface area contributed by atoms with Gasteiger partial charge in [0, 0.05) is 45.2 Å². The smallest absolute Gasteiger partial charge is 0.409 e. The molecule has 2 heterocycles. The molecule has 0 aromatic heterocycles. The molecule has 1 unspecified atom stereocenters. The van der Waals surface area contributed by atoms with Gasteiger partial charge in [-0.3, -0.25) is 4.79 Å². The summed E-state index contributed by atoms with van der Waals surface area (Å²) in [5, 5.41) is 3.36. The lowest BCUT2D eigenvalue weighted by molar-refractivity contribution is -0.131. The molecule has 0 radical (unpaired) electrons. The molecule has 2 rings (SSSR count). The van der Waals surface area contributed by atoms with E-state index in [2.05, 4.69) is 5.32 Å². The van der Waals surface area contributed by atoms with E-state index in [0.717, 1.165) is 12.8 Å². The second-order valence-electron chi connectivity index (χ2n) is 6.73. The molecule has 25 heavy (non-hydrogen) atoms. The number of likely N-dealkylation sites (tertiary alicyclic amines) is 1. The first-order valence-electron chi connectivity index (χ1n) is 8.93. The minimum atomic E-state index is -2.98. The molecule has 2 amide bonds. The van der Waals surface area contributed by atoms with E-state index in [9.17, 15) is 18.0 Å². The molecule has 0 saturated carbocycles. The molecule has 0 spiro atoms. The summed E-state index contributed by atoms with van der Waals surface area (Å²) in [5.74, 6) is 0.222. The number of carbonyl (C=O) groups excluding carboxylic acids is 2. The summed E-state index contributed by atoms with van der Waals surface area (Å²) >= 11 is 0. The Bertz CT molecular complexity index is 572. The molecular weight excluding hydrogens is 346 g/mol. The van der Waals surface area contributed by atoms with Crippen LogP contribution in [0.3, 0.4) is 0 Å². The molecule has 0 bridgehead atoms. The highest BCUT2D eigenvalue weighted by Gasteiger charge is 2.32. The van der Waals surface area contributed by atoms with Gasteiger partial charge in [-0.25, -0.2) is 13.2 Å². The molecule has 1 N–H and O–H groups in total. The van der Waals surface area contributed by atoms with Crippen LogP contribution in [0.1, 0.15) is 32.6 Å². The average molecular weight is 375 g/mol. The van der Waals surface area contributed by atoms with Gasteiger partial charge in [0.2, 0.25) is 5.91 Å². The molecule has 2 fully saturated rings. The first kappa shape index (κ1) is 20.0. The summed E-state index contributed by atoms with van der Waals surface area (Å²) in [6, 6.07) is 0.0981. The molecule has 144 valence electrons. The Hall–Kier alpha value is -1.35. The molecule has 9 heteroatoms. The molecule has 2 aliphatic heterocycles. The fourth-order valence-electron chi connectivity index (χ4n) is 3.32. The van der Waals surface area contributed by atoms with Gasteiger partial charge < -0.3 is 19.9 Å². The standard InChI is InChI=1S/C16H29N3O5S/c1-3-24-16(21)19-9-5-13(6-10-19)17-8-4-15(20)18(2)14-7-11-25(22,23)12-14/h13-14,17H,3-12H2,1-2H3. The molecule has 8 nitrogen and oxygen atoms in total. The van der Waals surface area contributed by atoms with Crippen LogP contribution in [0.4, 0.5) is 4.79 Å². The van der Waals surface area contributed by atoms with E-state index in [1.54, 1.807) is 23.8 Å². The number of ether oxygens (including phenoxy) is 1. The van der Waals surface area contributed by atoms with E-state index in [1.165, 1.54) is 0 Å². The third-order valence-electron chi connectivity index (χ3n) is 4.94. The Balaban J connectivity index is 1.64. The van der Waals surface area contributed by atoms with Crippen molar-refractivity contribution in [3.63, 3.8) is 0 Å². The number of rotatable bonds is 6. The van der Waals surface area contributed by atoms with Crippen molar-refractivity contribution in [3.05, 3.63) is 0 Å². The van der Waals surface area contributed by atoms with Gasteiger partial charge >= 0.3 is 6.09 Å². The summed E-state index contributed by atoms with van der Waals surface area (Å²) in [6.07, 6.45) is 2.30. The van der Waals surface area contributed by atoms with Crippen molar-refractivity contribution in [2.45, 2.75) is 44.7 Å². The Morgan fingerprint density at radius 2 is 1.92 bits per heavy atom. The third kappa shape index (κ3) is 5.85. The Morgan fingerprint density at radius 1 is 1.24 bits per heavy atom. The minimum absolute atomic E-state index is 0.0291. The van der Waals surface area contributed by atoms with Gasteiger partial charge in [-0.2, -0.15) is 0 Å². The Kier molecular flexibility index (Phi) is 7.06. The van der Waals surface area contributed by atoms with E-state index in [4.69, 9.17) is 4.74 Å². The second-order valence-corrected chi connectivity index (χ2v) is 8.95. The lowest BCUT2D eigenvalue weighted by atomic mass is 10.1. The van der Waals surface area contributed by atoms with E-state index in [-0.39, 0.29) is 35.6 Å². The summed E-state index contributed by atoms with van der Waals surface area (Å²) < 4.78 is 28.0. The maximum atomic E-state index is 12.2. The predicted octanol–water partition coefficient (Wildman–Crippen LogP) is 0.233. The van der Waals surface area contributed by atoms with Crippen molar-refractivity contribution in [3.8, 4) is 0 Å². The van der Waals surface area contributed by atoms with Gasteiger partial charge in [0.15, 0.2) is 9.84 Å². The predicted molar refractivity (Wildman–Crippen MR) is 94.1 cm³/mol. The van der Waals surface area contributed by atoms with Crippen LogP contribution in [0.2, 0.25) is 0 Å². The highest BCUT2D eigenvalue weighted by Crippen LogP contribution is 2.17. The lowest BCUT2D eigenvalue weighted by Gasteiger charge is -2.32. The van der Waals surface area contributed by atoms with Crippen LogP contribution in [0.5, 0.6) is 0 Å². The van der Waals surface area contributed by atoms with Crippen LogP contribution in [0.15, 0.2) is 0 Å². The normalized spacial score (nSPS) is 23.4. The van der Waals surface area contributed by atoms with Crippen LogP contribution in [0.25, 0.3) is 0 Å². The topological polar surface area (TPSA) is 96.0 Å². The summed E-state index contributed by atoms with van der Waals surface area (Å²) in [5.41, 5.74) is 0. The zero-order chi connectivity index (χ0) is 18.4. The molecule has 1 atom stereocenters. The molecule has 2 aliphatic rings. The zero-order valence-corrected chi connectivity index (χ0v) is 15.9. The highest BCUT2D eigenvalue weighted by atomic mass is 32.2. The van der Waals surface area contributed by atoms with Crippen LogP contribution < -0.4 is 5.32 Å². The van der Waals surface area contributed by atoms with E-state index < -0.39 is 9.84 Å². The number of carbonyl (C=O) groups is 2. The van der Waals surface area contributed by atoms with Crippen molar-refractivity contribution in [1.29, 1.82) is 0 Å². The number of amides is 2. The largest absolute Gasteiger partial charge is 0.450 e. The average Bonchev–Trinajstić information content (AvgIpc) is 2.94. The van der Waals surface area contributed by atoms with Crippen molar-refractivity contribution in [2.24, 2.45) is 0 Å². The van der Waals surface area contributed by atoms with Gasteiger partial charge in [-0.1, -0.05) is 0 Å². The van der Waals surface area contributed by atoms with Crippen LogP contribution in [-0.2, 0) is 19.4 Å². The van der Waals surface area contributed by atoms with Crippen LogP contribution in [0, 0.1) is 0 Å². The quantitative estimate of drug-likeness (QED) is 0.714. The summed E-state index contributed by atoms with van der Waals surface area (Å²) in [6.45, 7) is 4.05. The van der Waals surface area contributed by atoms with Gasteiger partial charge in [0.05, 0.1) is 18.1 Å². The first-order chi connectivity index (χ1) is 11.8. The van der Waals surface area contributed by atoms with Crippen LogP contribution >= 0.6 is 0 Å². The molecular formula is C16H29N3O5S. The van der Waals surface area contributed by atoms with Crippen molar-refractivity contribution in [2.75, 3.05) is 44.8 Å². The summed E-state index contributed by atoms with van der Waals surface area (Å²) in [4.78, 5) is 27.2. The Labute approximate surface area is 149 Å². The van der Waals surface area contributed by atoms with Crippen LogP contribution in [-0.4, -0.2) is 87.1 Å². The third-order valence-corrected chi connectivity index (χ3v) is 6.69. The van der Waals surface area contributed by atoms with Gasteiger partial charge in [0.1, 0.15) is 0 Å². The Morgan fingerprint density at radius 3 is 2.48 bits per heavy atom. The minimum Gasteiger partial charge on any atom is -0.450 e. The van der Waals surface area contributed by atoms with Gasteiger partial charge in [0.25, 0.3) is 0 Å². The zero-order valence-electron chi connectivity index (χ0n) is 15.1. The monoisotopic (exact) mass is 375 g/mol. The number of nitrogens with one attached hydrogen (secondary N) is 1. The van der Waals surface area contributed by atoms with Gasteiger partial charge in [-0.15, -0.1) is 0 Å². The van der Waals surface area contributed by atoms with Gasteiger partial charge in [-0.05, 0) is 26.2 Å². The maximum absolute atomic E-state index is 12.2. The van der Waals surface area contributed by atoms with E-state index >= 15 is 0 Å². The number of piperidine rings is 1. The van der Waals surface area contributed by atoms with E-state index in [1.807, 2.05) is 0 Å². The fourth-order valence-corrected chi connectivity index (χ4v) is 5.10. The lowest BCUT2D eigenvalue weighted by Crippen LogP contribution is -2.46. The molecule has 0 aromatic rings. The maximum Gasteiger partial charge on any atom is 0.409 e. The first-order valence-corrected chi connectivity index (χ1v) is 10.8. The number of sulfone groups is 1. The highest BCUT2D eigenvalue weighted by molar-refractivity contribution is 7.91. The number of hydrogen-bond donors (Lipinski definition) is 1. The summed E-state index contributed by atoms with van der Waals surface area (Å²) in [7, 11) is -1.29. The fraction of sp³-hybridized carbons (Fsp3) is 0.875. The number of hydrogen-bond acceptors (Lipinski definition) is 6. The number of nitrogens with zero attached hydrogens (tertiary/aromatic N) is 2. The molecule has 0 aromatic carbocycles. The second kappa shape index (κ2) is 8.84.